The number of hydrogen-bond donors (Lipinski definition) is 1. The number of methoxy groups -OCH3 is 1. The maximum atomic E-state index is 13.6. The van der Waals surface area contributed by atoms with E-state index in [0.29, 0.717) is 27.7 Å². The topological polar surface area (TPSA) is 72.8 Å². The van der Waals surface area contributed by atoms with Gasteiger partial charge < -0.3 is 14.6 Å². The maximum Gasteiger partial charge on any atom is 0.328 e. The summed E-state index contributed by atoms with van der Waals surface area (Å²) in [6, 6.07) is 20.3. The third kappa shape index (κ3) is 4.81. The molecule has 0 amide bonds. The summed E-state index contributed by atoms with van der Waals surface area (Å²) in [6.07, 6.45) is 3.34. The van der Waals surface area contributed by atoms with Crippen LogP contribution in [0.15, 0.2) is 72.8 Å². The first-order chi connectivity index (χ1) is 16.0. The number of benzene rings is 3. The Hall–Kier alpha value is -3.90. The van der Waals surface area contributed by atoms with Crippen molar-refractivity contribution in [3.63, 3.8) is 0 Å². The van der Waals surface area contributed by atoms with Crippen LogP contribution in [-0.2, 0) is 11.2 Å². The molecule has 3 aromatic carbocycles. The zero-order chi connectivity index (χ0) is 23.4. The molecule has 1 aromatic heterocycles. The first-order valence-electron chi connectivity index (χ1n) is 10.4. The van der Waals surface area contributed by atoms with E-state index in [1.165, 1.54) is 17.4 Å². The highest BCUT2D eigenvalue weighted by Gasteiger charge is 2.23. The molecule has 1 heterocycles. The Kier molecular flexibility index (Phi) is 6.56. The quantitative estimate of drug-likeness (QED) is 0.238. The van der Waals surface area contributed by atoms with Gasteiger partial charge in [-0.25, -0.2) is 4.79 Å². The largest absolute Gasteiger partial charge is 0.497 e. The summed E-state index contributed by atoms with van der Waals surface area (Å²) in [6.45, 7) is 2.03. The summed E-state index contributed by atoms with van der Waals surface area (Å²) in [5.41, 5.74) is 2.38. The lowest BCUT2D eigenvalue weighted by molar-refractivity contribution is -0.131. The van der Waals surface area contributed by atoms with Crippen LogP contribution >= 0.6 is 11.3 Å². The van der Waals surface area contributed by atoms with E-state index in [4.69, 9.17) is 14.6 Å². The molecule has 5 nitrogen and oxygen atoms in total. The van der Waals surface area contributed by atoms with E-state index < -0.39 is 5.97 Å². The fourth-order valence-electron chi connectivity index (χ4n) is 3.54. The standard InChI is InChI=1S/C27H22O5S/c1-3-18-6-4-5-7-21(18)25(30)27-26(22-14-13-20(31-2)16-23(22)33-27)32-19-11-8-17(9-12-19)10-15-24(28)29/h4-16H,3H2,1-2H3,(H,28,29)/b15-10+. The van der Waals surface area contributed by atoms with E-state index in [-0.39, 0.29) is 5.78 Å². The molecule has 0 aliphatic heterocycles. The van der Waals surface area contributed by atoms with Gasteiger partial charge in [0, 0.05) is 21.7 Å². The van der Waals surface area contributed by atoms with Crippen molar-refractivity contribution in [2.75, 3.05) is 7.11 Å². The zero-order valence-electron chi connectivity index (χ0n) is 18.2. The van der Waals surface area contributed by atoms with E-state index in [0.717, 1.165) is 33.7 Å². The van der Waals surface area contributed by atoms with Gasteiger partial charge in [0.15, 0.2) is 5.75 Å². The SMILES string of the molecule is CCc1ccccc1C(=O)c1sc2cc(OC)ccc2c1Oc1ccc(/C=C/C(=O)O)cc1. The summed E-state index contributed by atoms with van der Waals surface area (Å²) in [7, 11) is 1.61. The lowest BCUT2D eigenvalue weighted by Gasteiger charge is -2.10. The van der Waals surface area contributed by atoms with E-state index in [9.17, 15) is 9.59 Å². The number of carboxylic acids is 1. The molecule has 4 rings (SSSR count). The van der Waals surface area contributed by atoms with Crippen LogP contribution in [0.2, 0.25) is 0 Å². The van der Waals surface area contributed by atoms with E-state index in [1.807, 2.05) is 49.4 Å². The minimum Gasteiger partial charge on any atom is -0.497 e. The summed E-state index contributed by atoms with van der Waals surface area (Å²) in [4.78, 5) is 24.9. The lowest BCUT2D eigenvalue weighted by atomic mass is 10.0. The Morgan fingerprint density at radius 3 is 2.42 bits per heavy atom. The predicted molar refractivity (Wildman–Crippen MR) is 131 cm³/mol. The monoisotopic (exact) mass is 458 g/mol. The third-order valence-electron chi connectivity index (χ3n) is 5.22. The van der Waals surface area contributed by atoms with Crippen molar-refractivity contribution in [2.24, 2.45) is 0 Å². The van der Waals surface area contributed by atoms with Gasteiger partial charge in [-0.05, 0) is 54.0 Å². The van der Waals surface area contributed by atoms with Crippen molar-refractivity contribution in [3.8, 4) is 17.2 Å². The molecule has 0 atom stereocenters. The molecule has 0 saturated heterocycles. The van der Waals surface area contributed by atoms with Crippen molar-refractivity contribution in [1.29, 1.82) is 0 Å². The highest BCUT2D eigenvalue weighted by molar-refractivity contribution is 7.21. The normalized spacial score (nSPS) is 11.1. The summed E-state index contributed by atoms with van der Waals surface area (Å²) in [5, 5.41) is 9.63. The number of hydrogen-bond acceptors (Lipinski definition) is 5. The molecule has 0 radical (unpaired) electrons. The second-order valence-corrected chi connectivity index (χ2v) is 8.36. The van der Waals surface area contributed by atoms with Crippen molar-refractivity contribution in [1.82, 2.24) is 0 Å². The van der Waals surface area contributed by atoms with Gasteiger partial charge in [-0.3, -0.25) is 4.79 Å². The van der Waals surface area contributed by atoms with Crippen LogP contribution in [0.4, 0.5) is 0 Å². The van der Waals surface area contributed by atoms with E-state index in [2.05, 4.69) is 0 Å². The van der Waals surface area contributed by atoms with Crippen LogP contribution in [0.1, 0.15) is 33.3 Å². The highest BCUT2D eigenvalue weighted by Crippen LogP contribution is 2.43. The highest BCUT2D eigenvalue weighted by atomic mass is 32.1. The number of carbonyl (C=O) groups is 2. The average Bonchev–Trinajstić information content (AvgIpc) is 3.20. The number of aryl methyl sites for hydroxylation is 1. The molecular weight excluding hydrogens is 436 g/mol. The Morgan fingerprint density at radius 2 is 1.73 bits per heavy atom. The lowest BCUT2D eigenvalue weighted by Crippen LogP contribution is -2.04. The summed E-state index contributed by atoms with van der Waals surface area (Å²) < 4.78 is 12.5. The third-order valence-corrected chi connectivity index (χ3v) is 6.35. The minimum absolute atomic E-state index is 0.0800. The molecule has 4 aromatic rings. The molecular formula is C27H22O5S. The van der Waals surface area contributed by atoms with Crippen molar-refractivity contribution >= 4 is 39.3 Å². The molecule has 0 unspecified atom stereocenters. The van der Waals surface area contributed by atoms with Gasteiger partial charge in [0.2, 0.25) is 5.78 Å². The average molecular weight is 459 g/mol. The molecule has 0 spiro atoms. The zero-order valence-corrected chi connectivity index (χ0v) is 19.0. The summed E-state index contributed by atoms with van der Waals surface area (Å²) >= 11 is 1.38. The molecule has 0 bridgehead atoms. The Balaban J connectivity index is 1.77. The van der Waals surface area contributed by atoms with Gasteiger partial charge in [-0.1, -0.05) is 43.3 Å². The molecule has 0 saturated carbocycles. The number of ketones is 1. The first-order valence-corrected chi connectivity index (χ1v) is 11.2. The van der Waals surface area contributed by atoms with Gasteiger partial charge in [0.05, 0.1) is 7.11 Å². The minimum atomic E-state index is -1.01. The predicted octanol–water partition coefficient (Wildman–Crippen LogP) is 6.59. The second kappa shape index (κ2) is 9.71. The van der Waals surface area contributed by atoms with Crippen LogP contribution in [0.25, 0.3) is 16.2 Å². The number of aliphatic carboxylic acids is 1. The van der Waals surface area contributed by atoms with Crippen molar-refractivity contribution in [2.45, 2.75) is 13.3 Å². The Morgan fingerprint density at radius 1 is 1.00 bits per heavy atom. The number of carbonyl (C=O) groups excluding carboxylic acids is 1. The molecule has 1 N–H and O–H groups in total. The molecule has 0 aliphatic rings. The second-order valence-electron chi connectivity index (χ2n) is 7.30. The van der Waals surface area contributed by atoms with Crippen LogP contribution in [-0.4, -0.2) is 24.0 Å². The fraction of sp³-hybridized carbons (Fsp3) is 0.111. The van der Waals surface area contributed by atoms with Gasteiger partial charge >= 0.3 is 5.97 Å². The van der Waals surface area contributed by atoms with Crippen LogP contribution in [0.3, 0.4) is 0 Å². The molecule has 6 heteroatoms. The maximum absolute atomic E-state index is 13.6. The first kappa shape index (κ1) is 22.3. The molecule has 0 aliphatic carbocycles. The van der Waals surface area contributed by atoms with Crippen LogP contribution < -0.4 is 9.47 Å². The number of fused-ring (bicyclic) bond motifs is 1. The van der Waals surface area contributed by atoms with Gasteiger partial charge in [-0.15, -0.1) is 11.3 Å². The fourth-order valence-corrected chi connectivity index (χ4v) is 4.65. The number of rotatable bonds is 8. The van der Waals surface area contributed by atoms with E-state index in [1.54, 1.807) is 31.4 Å². The van der Waals surface area contributed by atoms with Gasteiger partial charge in [0.25, 0.3) is 0 Å². The van der Waals surface area contributed by atoms with E-state index >= 15 is 0 Å². The smallest absolute Gasteiger partial charge is 0.328 e. The molecule has 33 heavy (non-hydrogen) atoms. The van der Waals surface area contributed by atoms with Crippen molar-refractivity contribution < 1.29 is 24.2 Å². The van der Waals surface area contributed by atoms with Crippen LogP contribution in [0.5, 0.6) is 17.2 Å². The number of ether oxygens (including phenoxy) is 2. The Labute approximate surface area is 195 Å². The van der Waals surface area contributed by atoms with Crippen LogP contribution in [0, 0.1) is 0 Å². The van der Waals surface area contributed by atoms with Gasteiger partial charge in [0.1, 0.15) is 16.4 Å². The summed E-state index contributed by atoms with van der Waals surface area (Å²) in [5.74, 6) is 0.672. The number of carboxylic acid groups (broad SMARTS) is 1. The Bertz CT molecular complexity index is 1350. The van der Waals surface area contributed by atoms with Gasteiger partial charge in [-0.2, -0.15) is 0 Å². The van der Waals surface area contributed by atoms with Crippen molar-refractivity contribution in [3.05, 3.63) is 94.4 Å². The molecule has 0 fully saturated rings. The number of thiophene rings is 1. The molecule has 166 valence electrons.